The molecule has 0 aliphatic carbocycles. The maximum Gasteiger partial charge on any atom is 0.411 e. The van der Waals surface area contributed by atoms with Crippen molar-refractivity contribution < 1.29 is 27.8 Å². The Labute approximate surface area is 206 Å². The Kier molecular flexibility index (Phi) is 7.59. The number of ether oxygens (including phenoxy) is 2. The summed E-state index contributed by atoms with van der Waals surface area (Å²) >= 11 is 0. The van der Waals surface area contributed by atoms with Crippen molar-refractivity contribution in [3.63, 3.8) is 0 Å². The van der Waals surface area contributed by atoms with Gasteiger partial charge in [-0.1, -0.05) is 32.1 Å². The Balaban J connectivity index is 1.99. The molecular formula is C26H34F2N2O4Si. The molecule has 190 valence electrons. The number of fused-ring (bicyclic) bond motifs is 1. The number of anilines is 1. The van der Waals surface area contributed by atoms with E-state index in [1.807, 2.05) is 26.1 Å². The topological polar surface area (TPSA) is 67.9 Å². The molecule has 0 spiro atoms. The Hall–Kier alpha value is -2.94. The molecule has 6 nitrogen and oxygen atoms in total. The van der Waals surface area contributed by atoms with Crippen molar-refractivity contribution in [3.8, 4) is 5.75 Å². The summed E-state index contributed by atoms with van der Waals surface area (Å²) in [5.74, 6) is -1.29. The van der Waals surface area contributed by atoms with Gasteiger partial charge in [-0.2, -0.15) is 0 Å². The second-order valence-electron chi connectivity index (χ2n) is 10.4. The predicted octanol–water partition coefficient (Wildman–Crippen LogP) is 5.38. The van der Waals surface area contributed by atoms with Gasteiger partial charge in [-0.05, 0) is 62.6 Å². The lowest BCUT2D eigenvalue weighted by Crippen LogP contribution is -2.47. The van der Waals surface area contributed by atoms with Crippen molar-refractivity contribution >= 4 is 30.9 Å². The summed E-state index contributed by atoms with van der Waals surface area (Å²) in [5.41, 5.74) is 0.709. The molecular weight excluding hydrogens is 470 g/mol. The monoisotopic (exact) mass is 504 g/mol. The maximum absolute atomic E-state index is 14.9. The van der Waals surface area contributed by atoms with Gasteiger partial charge in [0.05, 0.1) is 15.2 Å². The summed E-state index contributed by atoms with van der Waals surface area (Å²) < 4.78 is 40.7. The number of nitrogens with one attached hydrogen (secondary N) is 1. The number of carbonyl (C=O) groups excluding carboxylic acids is 2. The van der Waals surface area contributed by atoms with Crippen LogP contribution in [0, 0.1) is 11.6 Å². The van der Waals surface area contributed by atoms with Crippen molar-refractivity contribution in [2.24, 2.45) is 0 Å². The van der Waals surface area contributed by atoms with Gasteiger partial charge in [0, 0.05) is 17.4 Å². The smallest absolute Gasteiger partial charge is 0.411 e. The van der Waals surface area contributed by atoms with Gasteiger partial charge >= 0.3 is 6.09 Å². The van der Waals surface area contributed by atoms with E-state index >= 15 is 0 Å². The molecule has 3 rings (SSSR count). The number of methoxy groups -OCH3 is 1. The third-order valence-corrected chi connectivity index (χ3v) is 9.92. The van der Waals surface area contributed by atoms with Crippen molar-refractivity contribution in [3.05, 3.63) is 53.1 Å². The van der Waals surface area contributed by atoms with Crippen molar-refractivity contribution in [1.82, 2.24) is 4.90 Å². The Morgan fingerprint density at radius 3 is 2.31 bits per heavy atom. The van der Waals surface area contributed by atoms with Gasteiger partial charge in [0.2, 0.25) is 0 Å². The average Bonchev–Trinajstić information content (AvgIpc) is 2.75. The number of carbonyl (C=O) groups is 2. The number of amides is 2. The first kappa shape index (κ1) is 26.7. The molecule has 0 saturated heterocycles. The van der Waals surface area contributed by atoms with Crippen molar-refractivity contribution in [2.45, 2.75) is 64.9 Å². The normalized spacial score (nSPS) is 15.9. The molecule has 2 aromatic carbocycles. The van der Waals surface area contributed by atoms with Gasteiger partial charge in [-0.3, -0.25) is 9.69 Å². The quantitative estimate of drug-likeness (QED) is 0.555. The highest BCUT2D eigenvalue weighted by Gasteiger charge is 2.38. The fourth-order valence-corrected chi connectivity index (χ4v) is 6.00. The van der Waals surface area contributed by atoms with E-state index in [2.05, 4.69) is 5.32 Å². The van der Waals surface area contributed by atoms with Crippen LogP contribution >= 0.6 is 0 Å². The number of halogens is 2. The first-order chi connectivity index (χ1) is 16.3. The van der Waals surface area contributed by atoms with E-state index in [1.165, 1.54) is 4.90 Å². The second-order valence-corrected chi connectivity index (χ2v) is 15.4. The molecule has 0 fully saturated rings. The van der Waals surface area contributed by atoms with Crippen LogP contribution in [0.3, 0.4) is 0 Å². The second kappa shape index (κ2) is 9.97. The summed E-state index contributed by atoms with van der Waals surface area (Å²) in [6.07, 6.45) is -0.132. The van der Waals surface area contributed by atoms with Crippen LogP contribution in [0.25, 0.3) is 0 Å². The molecule has 2 amide bonds. The first-order valence-corrected chi connectivity index (χ1v) is 14.9. The number of hydrogen-bond donors (Lipinski definition) is 1. The fourth-order valence-electron chi connectivity index (χ4n) is 4.21. The zero-order valence-corrected chi connectivity index (χ0v) is 22.4. The molecule has 0 bridgehead atoms. The van der Waals surface area contributed by atoms with Gasteiger partial charge in [-0.15, -0.1) is 0 Å². The number of hydrogen-bond acceptors (Lipinski definition) is 4. The van der Waals surface area contributed by atoms with Crippen LogP contribution in [-0.4, -0.2) is 44.2 Å². The molecule has 1 atom stereocenters. The standard InChI is InChI=1S/C26H34F2N2O4Si/c1-8-35(6,7)23-20(27)14-17(15-21(23)28)29-24(31)22-19-10-9-18(33-5)13-16(19)11-12-30(22)25(32)34-26(2,3)4/h9-10,13-15,22H,8,11-12H2,1-7H3,(H,29,31)/t22-/m1/s1. The molecule has 1 aliphatic rings. The number of rotatable bonds is 5. The minimum atomic E-state index is -2.29. The van der Waals surface area contributed by atoms with Crippen molar-refractivity contribution in [2.75, 3.05) is 19.0 Å². The average molecular weight is 505 g/mol. The van der Waals surface area contributed by atoms with E-state index in [-0.39, 0.29) is 17.4 Å². The molecule has 9 heteroatoms. The summed E-state index contributed by atoms with van der Waals surface area (Å²) in [4.78, 5) is 27.8. The predicted molar refractivity (Wildman–Crippen MR) is 135 cm³/mol. The molecule has 0 unspecified atom stereocenters. The minimum absolute atomic E-state index is 0.000531. The number of nitrogens with zero attached hydrogens (tertiary/aromatic N) is 1. The van der Waals surface area contributed by atoms with Crippen LogP contribution in [0.15, 0.2) is 30.3 Å². The molecule has 0 aromatic heterocycles. The lowest BCUT2D eigenvalue weighted by atomic mass is 9.92. The summed E-state index contributed by atoms with van der Waals surface area (Å²) in [5, 5.41) is 2.74. The van der Waals surface area contributed by atoms with Crippen molar-refractivity contribution in [1.29, 1.82) is 0 Å². The van der Waals surface area contributed by atoms with Gasteiger partial charge in [0.1, 0.15) is 29.0 Å². The zero-order chi connectivity index (χ0) is 26.1. The SMILES string of the molecule is CC[Si](C)(C)c1c(F)cc(NC(=O)[C@H]2c3ccc(OC)cc3CCN2C(=O)OC(C)(C)C)cc1F. The van der Waals surface area contributed by atoms with E-state index in [4.69, 9.17) is 9.47 Å². The van der Waals surface area contributed by atoms with Gasteiger partial charge in [0.25, 0.3) is 5.91 Å². The molecule has 1 N–H and O–H groups in total. The van der Waals surface area contributed by atoms with Gasteiger partial charge in [-0.25, -0.2) is 13.6 Å². The van der Waals surface area contributed by atoms with Gasteiger partial charge in [0.15, 0.2) is 0 Å². The molecule has 2 aromatic rings. The van der Waals surface area contributed by atoms with Crippen LogP contribution in [0.2, 0.25) is 19.1 Å². The van der Waals surface area contributed by atoms with Crippen LogP contribution in [0.4, 0.5) is 19.3 Å². The van der Waals surface area contributed by atoms with Crippen LogP contribution in [0.1, 0.15) is 44.9 Å². The highest BCUT2D eigenvalue weighted by molar-refractivity contribution is 6.89. The third-order valence-electron chi connectivity index (χ3n) is 6.33. The van der Waals surface area contributed by atoms with E-state index in [0.717, 1.165) is 17.7 Å². The largest absolute Gasteiger partial charge is 0.497 e. The highest BCUT2D eigenvalue weighted by Crippen LogP contribution is 2.34. The lowest BCUT2D eigenvalue weighted by molar-refractivity contribution is -0.121. The van der Waals surface area contributed by atoms with E-state index in [1.54, 1.807) is 40.0 Å². The maximum atomic E-state index is 14.9. The fraction of sp³-hybridized carbons (Fsp3) is 0.462. The molecule has 0 saturated carbocycles. The summed E-state index contributed by atoms with van der Waals surface area (Å²) in [6, 6.07) is 7.21. The first-order valence-electron chi connectivity index (χ1n) is 11.7. The Morgan fingerprint density at radius 2 is 1.77 bits per heavy atom. The number of benzene rings is 2. The lowest BCUT2D eigenvalue weighted by Gasteiger charge is -2.37. The van der Waals surface area contributed by atoms with E-state index in [0.29, 0.717) is 23.8 Å². The van der Waals surface area contributed by atoms with E-state index in [9.17, 15) is 18.4 Å². The summed E-state index contributed by atoms with van der Waals surface area (Å²) in [6.45, 7) is 11.2. The molecule has 35 heavy (non-hydrogen) atoms. The Morgan fingerprint density at radius 1 is 1.14 bits per heavy atom. The zero-order valence-electron chi connectivity index (χ0n) is 21.4. The summed E-state index contributed by atoms with van der Waals surface area (Å²) in [7, 11) is -0.734. The van der Waals surface area contributed by atoms with Crippen LogP contribution in [-0.2, 0) is 16.0 Å². The molecule has 1 heterocycles. The minimum Gasteiger partial charge on any atom is -0.497 e. The third kappa shape index (κ3) is 5.83. The molecule has 0 radical (unpaired) electrons. The molecule has 1 aliphatic heterocycles. The van der Waals surface area contributed by atoms with E-state index < -0.39 is 43.4 Å². The van der Waals surface area contributed by atoms with Gasteiger partial charge < -0.3 is 14.8 Å². The van der Waals surface area contributed by atoms with Crippen LogP contribution < -0.4 is 15.2 Å². The highest BCUT2D eigenvalue weighted by atomic mass is 28.3. The Bertz CT molecular complexity index is 1110. The van der Waals surface area contributed by atoms with Crippen LogP contribution in [0.5, 0.6) is 5.75 Å².